The molecule has 1 saturated heterocycles. The van der Waals surface area contributed by atoms with E-state index in [0.717, 1.165) is 18.7 Å². The summed E-state index contributed by atoms with van der Waals surface area (Å²) in [6.07, 6.45) is -2.90. The summed E-state index contributed by atoms with van der Waals surface area (Å²) in [7, 11) is 0. The van der Waals surface area contributed by atoms with Crippen LogP contribution in [0.1, 0.15) is 47.7 Å². The lowest BCUT2D eigenvalue weighted by atomic mass is 9.76. The number of rotatable bonds is 6. The molecule has 3 nitrogen and oxygen atoms in total. The third kappa shape index (κ3) is 5.06. The number of hydrogen-bond donors (Lipinski definition) is 1. The van der Waals surface area contributed by atoms with Gasteiger partial charge in [0.25, 0.3) is 0 Å². The third-order valence-electron chi connectivity index (χ3n) is 5.82. The number of aliphatic hydroxyl groups is 1. The molecule has 0 bridgehead atoms. The van der Waals surface area contributed by atoms with Crippen molar-refractivity contribution < 1.29 is 23.1 Å². The van der Waals surface area contributed by atoms with Crippen LogP contribution in [-0.4, -0.2) is 35.4 Å². The van der Waals surface area contributed by atoms with E-state index >= 15 is 0 Å². The Morgan fingerprint density at radius 2 is 1.90 bits per heavy atom. The number of carbonyl (C=O) groups excluding carboxylic acids is 1. The average Bonchev–Trinajstić information content (AvgIpc) is 2.71. The van der Waals surface area contributed by atoms with E-state index in [2.05, 4.69) is 4.90 Å². The molecule has 2 atom stereocenters. The van der Waals surface area contributed by atoms with Crippen molar-refractivity contribution >= 4 is 5.78 Å². The van der Waals surface area contributed by atoms with Gasteiger partial charge in [-0.15, -0.1) is 0 Å². The second kappa shape index (κ2) is 8.67. The first-order chi connectivity index (χ1) is 13.7. The highest BCUT2D eigenvalue weighted by molar-refractivity contribution is 5.95. The molecule has 1 aliphatic heterocycles. The normalized spacial score (nSPS) is 23.1. The van der Waals surface area contributed by atoms with Crippen molar-refractivity contribution in [2.45, 2.75) is 38.0 Å². The van der Waals surface area contributed by atoms with Crippen molar-refractivity contribution in [2.75, 3.05) is 19.6 Å². The third-order valence-corrected chi connectivity index (χ3v) is 5.82. The van der Waals surface area contributed by atoms with Crippen molar-refractivity contribution in [1.82, 2.24) is 4.90 Å². The molecule has 3 rings (SSSR count). The van der Waals surface area contributed by atoms with Gasteiger partial charge in [-0.1, -0.05) is 49.4 Å². The summed E-state index contributed by atoms with van der Waals surface area (Å²) < 4.78 is 39.1. The Morgan fingerprint density at radius 1 is 1.17 bits per heavy atom. The van der Waals surface area contributed by atoms with Crippen molar-refractivity contribution in [1.29, 1.82) is 0 Å². The summed E-state index contributed by atoms with van der Waals surface area (Å²) in [5.41, 5.74) is -0.993. The van der Waals surface area contributed by atoms with Crippen LogP contribution in [0.3, 0.4) is 0 Å². The summed E-state index contributed by atoms with van der Waals surface area (Å²) >= 11 is 0. The van der Waals surface area contributed by atoms with E-state index in [1.807, 2.05) is 25.1 Å². The number of carbonyl (C=O) groups is 1. The topological polar surface area (TPSA) is 40.5 Å². The Kier molecular flexibility index (Phi) is 6.44. The highest BCUT2D eigenvalue weighted by Crippen LogP contribution is 2.39. The lowest BCUT2D eigenvalue weighted by molar-refractivity contribution is -0.138. The van der Waals surface area contributed by atoms with Crippen molar-refractivity contribution in [3.63, 3.8) is 0 Å². The predicted molar refractivity (Wildman–Crippen MR) is 106 cm³/mol. The Hall–Kier alpha value is -2.18. The second-order valence-corrected chi connectivity index (χ2v) is 7.85. The van der Waals surface area contributed by atoms with Crippen LogP contribution < -0.4 is 0 Å². The Labute approximate surface area is 169 Å². The molecule has 1 heterocycles. The molecule has 156 valence electrons. The van der Waals surface area contributed by atoms with Gasteiger partial charge in [0.15, 0.2) is 5.78 Å². The fourth-order valence-corrected chi connectivity index (χ4v) is 4.03. The Bertz CT molecular complexity index is 838. The van der Waals surface area contributed by atoms with Gasteiger partial charge in [0.05, 0.1) is 11.2 Å². The maximum atomic E-state index is 13.0. The zero-order valence-corrected chi connectivity index (χ0v) is 16.5. The van der Waals surface area contributed by atoms with Gasteiger partial charge < -0.3 is 10.0 Å². The number of halogens is 3. The first kappa shape index (κ1) is 21.5. The van der Waals surface area contributed by atoms with Gasteiger partial charge >= 0.3 is 6.18 Å². The minimum absolute atomic E-state index is 0.108. The van der Waals surface area contributed by atoms with Gasteiger partial charge in [-0.2, -0.15) is 13.2 Å². The van der Waals surface area contributed by atoms with Crippen LogP contribution >= 0.6 is 0 Å². The first-order valence-electron chi connectivity index (χ1n) is 9.91. The molecule has 1 aliphatic rings. The first-order valence-corrected chi connectivity index (χ1v) is 9.91. The maximum Gasteiger partial charge on any atom is 0.416 e. The number of piperidine rings is 1. The van der Waals surface area contributed by atoms with E-state index in [1.165, 1.54) is 6.07 Å². The molecular formula is C23H26F3NO2. The number of ketones is 1. The SMILES string of the molecule is CC1CN(CCCC(=O)c2ccccc2)CCC1(O)c1cccc(C(F)(F)F)c1. The van der Waals surface area contributed by atoms with Crippen molar-refractivity contribution in [3.05, 3.63) is 71.3 Å². The molecular weight excluding hydrogens is 379 g/mol. The molecule has 1 N–H and O–H groups in total. The Balaban J connectivity index is 1.57. The molecule has 0 aromatic heterocycles. The monoisotopic (exact) mass is 405 g/mol. The highest BCUT2D eigenvalue weighted by Gasteiger charge is 2.41. The van der Waals surface area contributed by atoms with Crippen LogP contribution in [0.2, 0.25) is 0 Å². The van der Waals surface area contributed by atoms with Crippen molar-refractivity contribution in [2.24, 2.45) is 5.92 Å². The molecule has 2 unspecified atom stereocenters. The van der Waals surface area contributed by atoms with E-state index in [-0.39, 0.29) is 11.7 Å². The fourth-order valence-electron chi connectivity index (χ4n) is 4.03. The minimum Gasteiger partial charge on any atom is -0.385 e. The van der Waals surface area contributed by atoms with Crippen LogP contribution in [0.15, 0.2) is 54.6 Å². The summed E-state index contributed by atoms with van der Waals surface area (Å²) in [6, 6.07) is 14.2. The van der Waals surface area contributed by atoms with Crippen LogP contribution in [0.25, 0.3) is 0 Å². The highest BCUT2D eigenvalue weighted by atomic mass is 19.4. The second-order valence-electron chi connectivity index (χ2n) is 7.85. The molecule has 0 spiro atoms. The number of likely N-dealkylation sites (tertiary alicyclic amines) is 1. The van der Waals surface area contributed by atoms with Gasteiger partial charge in [-0.05, 0) is 37.1 Å². The molecule has 0 aliphatic carbocycles. The summed E-state index contributed by atoms with van der Waals surface area (Å²) in [5.74, 6) is -0.110. The van der Waals surface area contributed by atoms with E-state index in [1.54, 1.807) is 18.2 Å². The van der Waals surface area contributed by atoms with Crippen LogP contribution in [-0.2, 0) is 11.8 Å². The smallest absolute Gasteiger partial charge is 0.385 e. The zero-order valence-electron chi connectivity index (χ0n) is 16.5. The molecule has 0 radical (unpaired) electrons. The molecule has 2 aromatic rings. The fraction of sp³-hybridized carbons (Fsp3) is 0.435. The van der Waals surface area contributed by atoms with Crippen LogP contribution in [0.5, 0.6) is 0 Å². The van der Waals surface area contributed by atoms with Gasteiger partial charge in [-0.25, -0.2) is 0 Å². The lowest BCUT2D eigenvalue weighted by Gasteiger charge is -2.43. The summed E-state index contributed by atoms with van der Waals surface area (Å²) in [4.78, 5) is 14.4. The van der Waals surface area contributed by atoms with Gasteiger partial charge in [0.1, 0.15) is 0 Å². The standard InChI is InChI=1S/C23H26F3NO2/c1-17-16-27(13-6-11-21(28)18-7-3-2-4-8-18)14-12-22(17,29)19-9-5-10-20(15-19)23(24,25)26/h2-5,7-10,15,17,29H,6,11-14,16H2,1H3. The molecule has 1 fully saturated rings. The van der Waals surface area contributed by atoms with Crippen LogP contribution in [0, 0.1) is 5.92 Å². The molecule has 2 aromatic carbocycles. The maximum absolute atomic E-state index is 13.0. The number of alkyl halides is 3. The minimum atomic E-state index is -4.43. The number of Topliss-reactive ketones (excluding diaryl/α,β-unsaturated/α-hetero) is 1. The van der Waals surface area contributed by atoms with E-state index in [0.29, 0.717) is 43.5 Å². The average molecular weight is 405 g/mol. The molecule has 29 heavy (non-hydrogen) atoms. The quantitative estimate of drug-likeness (QED) is 0.695. The number of nitrogens with zero attached hydrogens (tertiary/aromatic N) is 1. The van der Waals surface area contributed by atoms with Gasteiger partial charge in [0, 0.05) is 31.0 Å². The predicted octanol–water partition coefficient (Wildman–Crippen LogP) is 4.90. The number of hydrogen-bond acceptors (Lipinski definition) is 3. The van der Waals surface area contributed by atoms with Gasteiger partial charge in [-0.3, -0.25) is 4.79 Å². The van der Waals surface area contributed by atoms with E-state index in [4.69, 9.17) is 0 Å². The zero-order chi connectivity index (χ0) is 21.1. The molecule has 6 heteroatoms. The largest absolute Gasteiger partial charge is 0.416 e. The number of benzene rings is 2. The molecule has 0 saturated carbocycles. The van der Waals surface area contributed by atoms with Gasteiger partial charge in [0.2, 0.25) is 0 Å². The Morgan fingerprint density at radius 3 is 2.55 bits per heavy atom. The van der Waals surface area contributed by atoms with E-state index in [9.17, 15) is 23.1 Å². The molecule has 0 amide bonds. The van der Waals surface area contributed by atoms with E-state index < -0.39 is 17.3 Å². The van der Waals surface area contributed by atoms with Crippen molar-refractivity contribution in [3.8, 4) is 0 Å². The lowest BCUT2D eigenvalue weighted by Crippen LogP contribution is -2.49. The summed E-state index contributed by atoms with van der Waals surface area (Å²) in [5, 5.41) is 11.1. The summed E-state index contributed by atoms with van der Waals surface area (Å²) in [6.45, 7) is 3.74. The van der Waals surface area contributed by atoms with Crippen LogP contribution in [0.4, 0.5) is 13.2 Å².